The van der Waals surface area contributed by atoms with Crippen molar-refractivity contribution >= 4 is 6.29 Å². The lowest BCUT2D eigenvalue weighted by Gasteiger charge is -2.13. The highest BCUT2D eigenvalue weighted by Gasteiger charge is 2.14. The molecular weight excluding hydrogens is 180 g/mol. The molecule has 0 heterocycles. The number of rotatable bonds is 4. The Bertz CT molecular complexity index is 320. The summed E-state index contributed by atoms with van der Waals surface area (Å²) < 4.78 is 5.32. The number of hydrogen-bond donors (Lipinski definition) is 1. The summed E-state index contributed by atoms with van der Waals surface area (Å²) in [5.41, 5.74) is 0.560. The Kier molecular flexibility index (Phi) is 3.51. The van der Waals surface area contributed by atoms with Gasteiger partial charge in [0.25, 0.3) is 0 Å². The van der Waals surface area contributed by atoms with E-state index in [0.29, 0.717) is 17.9 Å². The van der Waals surface area contributed by atoms with Gasteiger partial charge in [0, 0.05) is 11.5 Å². The van der Waals surface area contributed by atoms with Crippen molar-refractivity contribution in [3.05, 3.63) is 23.8 Å². The van der Waals surface area contributed by atoms with Crippen LogP contribution in [0.3, 0.4) is 0 Å². The van der Waals surface area contributed by atoms with Crippen molar-refractivity contribution in [3.8, 4) is 11.5 Å². The maximum atomic E-state index is 10.6. The summed E-state index contributed by atoms with van der Waals surface area (Å²) in [4.78, 5) is 10.6. The predicted molar refractivity (Wildman–Crippen MR) is 53.8 cm³/mol. The van der Waals surface area contributed by atoms with Gasteiger partial charge in [0.05, 0.1) is 6.61 Å². The Morgan fingerprint density at radius 3 is 2.86 bits per heavy atom. The zero-order chi connectivity index (χ0) is 10.6. The van der Waals surface area contributed by atoms with Gasteiger partial charge in [-0.3, -0.25) is 0 Å². The van der Waals surface area contributed by atoms with E-state index in [1.54, 1.807) is 25.1 Å². The molecule has 3 nitrogen and oxygen atoms in total. The van der Waals surface area contributed by atoms with E-state index in [9.17, 15) is 9.90 Å². The van der Waals surface area contributed by atoms with Crippen molar-refractivity contribution in [2.75, 3.05) is 6.61 Å². The number of carbonyl (C=O) groups is 1. The average molecular weight is 194 g/mol. The predicted octanol–water partition coefficient (Wildman–Crippen LogP) is 2.09. The van der Waals surface area contributed by atoms with Crippen LogP contribution in [0, 0.1) is 0 Å². The summed E-state index contributed by atoms with van der Waals surface area (Å²) in [6, 6.07) is 5.00. The molecule has 1 N–H and O–H groups in total. The van der Waals surface area contributed by atoms with E-state index in [1.165, 1.54) is 0 Å². The maximum Gasteiger partial charge on any atom is 0.127 e. The normalized spacial score (nSPS) is 12.1. The molecule has 1 unspecified atom stereocenters. The minimum Gasteiger partial charge on any atom is -0.508 e. The molecule has 3 heteroatoms. The van der Waals surface area contributed by atoms with E-state index in [-0.39, 0.29) is 11.7 Å². The second-order valence-electron chi connectivity index (χ2n) is 3.05. The van der Waals surface area contributed by atoms with Crippen molar-refractivity contribution in [3.63, 3.8) is 0 Å². The van der Waals surface area contributed by atoms with Crippen molar-refractivity contribution in [2.45, 2.75) is 19.8 Å². The third kappa shape index (κ3) is 2.05. The van der Waals surface area contributed by atoms with Crippen molar-refractivity contribution in [2.24, 2.45) is 0 Å². The van der Waals surface area contributed by atoms with Crippen LogP contribution >= 0.6 is 0 Å². The highest BCUT2D eigenvalue weighted by molar-refractivity contribution is 5.66. The summed E-state index contributed by atoms with van der Waals surface area (Å²) in [5.74, 6) is 0.334. The van der Waals surface area contributed by atoms with Crippen LogP contribution in [-0.4, -0.2) is 18.0 Å². The second-order valence-corrected chi connectivity index (χ2v) is 3.05. The SMILES string of the molecule is CCOc1cccc(O)c1C(C)C=O. The highest BCUT2D eigenvalue weighted by Crippen LogP contribution is 2.33. The van der Waals surface area contributed by atoms with E-state index in [4.69, 9.17) is 4.74 Å². The van der Waals surface area contributed by atoms with Crippen LogP contribution in [0.4, 0.5) is 0 Å². The van der Waals surface area contributed by atoms with Crippen LogP contribution in [0.2, 0.25) is 0 Å². The summed E-state index contributed by atoms with van der Waals surface area (Å²) >= 11 is 0. The zero-order valence-electron chi connectivity index (χ0n) is 8.36. The number of aromatic hydroxyl groups is 1. The van der Waals surface area contributed by atoms with E-state index >= 15 is 0 Å². The molecule has 14 heavy (non-hydrogen) atoms. The fraction of sp³-hybridized carbons (Fsp3) is 0.364. The van der Waals surface area contributed by atoms with Crippen LogP contribution < -0.4 is 4.74 Å². The van der Waals surface area contributed by atoms with E-state index in [2.05, 4.69) is 0 Å². The van der Waals surface area contributed by atoms with Gasteiger partial charge in [-0.25, -0.2) is 0 Å². The zero-order valence-corrected chi connectivity index (χ0v) is 8.36. The lowest BCUT2D eigenvalue weighted by atomic mass is 10.0. The molecule has 0 spiro atoms. The van der Waals surface area contributed by atoms with E-state index in [1.807, 2.05) is 6.92 Å². The molecule has 0 aliphatic carbocycles. The van der Waals surface area contributed by atoms with Crippen molar-refractivity contribution in [1.29, 1.82) is 0 Å². The van der Waals surface area contributed by atoms with Crippen LogP contribution in [0.5, 0.6) is 11.5 Å². The maximum absolute atomic E-state index is 10.6. The summed E-state index contributed by atoms with van der Waals surface area (Å²) in [6.45, 7) is 4.10. The molecule has 0 saturated carbocycles. The van der Waals surface area contributed by atoms with Crippen LogP contribution in [-0.2, 0) is 4.79 Å². The number of phenols is 1. The lowest BCUT2D eigenvalue weighted by molar-refractivity contribution is -0.108. The Labute approximate surface area is 83.3 Å². The Morgan fingerprint density at radius 1 is 1.57 bits per heavy atom. The van der Waals surface area contributed by atoms with Gasteiger partial charge in [0.1, 0.15) is 17.8 Å². The van der Waals surface area contributed by atoms with Gasteiger partial charge in [0.15, 0.2) is 0 Å². The number of phenolic OH excluding ortho intramolecular Hbond substituents is 1. The molecule has 0 bridgehead atoms. The van der Waals surface area contributed by atoms with Crippen LogP contribution in [0.1, 0.15) is 25.3 Å². The Hall–Kier alpha value is -1.51. The van der Waals surface area contributed by atoms with Gasteiger partial charge < -0.3 is 14.6 Å². The minimum atomic E-state index is -0.349. The van der Waals surface area contributed by atoms with Gasteiger partial charge in [0.2, 0.25) is 0 Å². The third-order valence-electron chi connectivity index (χ3n) is 2.00. The fourth-order valence-corrected chi connectivity index (χ4v) is 1.34. The van der Waals surface area contributed by atoms with Crippen LogP contribution in [0.15, 0.2) is 18.2 Å². The molecule has 1 aromatic rings. The number of ether oxygens (including phenoxy) is 1. The first-order chi connectivity index (χ1) is 6.70. The molecular formula is C11H14O3. The number of benzene rings is 1. The molecule has 0 fully saturated rings. The molecule has 76 valence electrons. The Morgan fingerprint density at radius 2 is 2.29 bits per heavy atom. The summed E-state index contributed by atoms with van der Waals surface area (Å²) in [6.07, 6.45) is 0.789. The molecule has 0 aromatic heterocycles. The van der Waals surface area contributed by atoms with Crippen molar-refractivity contribution in [1.82, 2.24) is 0 Å². The standard InChI is InChI=1S/C11H14O3/c1-3-14-10-6-4-5-9(13)11(10)8(2)7-12/h4-8,13H,3H2,1-2H3. The molecule has 1 rings (SSSR count). The first-order valence-corrected chi connectivity index (χ1v) is 4.60. The largest absolute Gasteiger partial charge is 0.508 e. The molecule has 0 saturated heterocycles. The van der Waals surface area contributed by atoms with Gasteiger partial charge in [-0.1, -0.05) is 13.0 Å². The van der Waals surface area contributed by atoms with E-state index < -0.39 is 0 Å². The lowest BCUT2D eigenvalue weighted by Crippen LogP contribution is -2.01. The minimum absolute atomic E-state index is 0.107. The molecule has 1 aromatic carbocycles. The molecule has 0 aliphatic rings. The summed E-state index contributed by atoms with van der Waals surface area (Å²) in [7, 11) is 0. The molecule has 0 aliphatic heterocycles. The molecule has 1 atom stereocenters. The number of aldehydes is 1. The van der Waals surface area contributed by atoms with Crippen molar-refractivity contribution < 1.29 is 14.6 Å². The first kappa shape index (κ1) is 10.6. The smallest absolute Gasteiger partial charge is 0.127 e. The van der Waals surface area contributed by atoms with Crippen LogP contribution in [0.25, 0.3) is 0 Å². The molecule has 0 amide bonds. The molecule has 0 radical (unpaired) electrons. The fourth-order valence-electron chi connectivity index (χ4n) is 1.34. The monoisotopic (exact) mass is 194 g/mol. The van der Waals surface area contributed by atoms with Gasteiger partial charge in [-0.15, -0.1) is 0 Å². The average Bonchev–Trinajstić information content (AvgIpc) is 2.18. The third-order valence-corrected chi connectivity index (χ3v) is 2.00. The second kappa shape index (κ2) is 4.65. The summed E-state index contributed by atoms with van der Waals surface area (Å²) in [5, 5.41) is 9.58. The Balaban J connectivity index is 3.14. The topological polar surface area (TPSA) is 46.5 Å². The number of hydrogen-bond acceptors (Lipinski definition) is 3. The quantitative estimate of drug-likeness (QED) is 0.746. The van der Waals surface area contributed by atoms with Gasteiger partial charge in [-0.2, -0.15) is 0 Å². The highest BCUT2D eigenvalue weighted by atomic mass is 16.5. The van der Waals surface area contributed by atoms with E-state index in [0.717, 1.165) is 6.29 Å². The van der Waals surface area contributed by atoms with Gasteiger partial charge in [-0.05, 0) is 19.1 Å². The van der Waals surface area contributed by atoms with Gasteiger partial charge >= 0.3 is 0 Å². The first-order valence-electron chi connectivity index (χ1n) is 4.60. The number of carbonyl (C=O) groups excluding carboxylic acids is 1.